The Morgan fingerprint density at radius 1 is 0.842 bits per heavy atom. The molecule has 0 nitrogen and oxygen atoms in total. The summed E-state index contributed by atoms with van der Waals surface area (Å²) >= 11 is 6.10. The van der Waals surface area contributed by atoms with Crippen molar-refractivity contribution in [1.29, 1.82) is 0 Å². The molecule has 0 saturated carbocycles. The van der Waals surface area contributed by atoms with Gasteiger partial charge in [0.1, 0.15) is 0 Å². The number of unbranched alkanes of at least 4 members (excludes halogenated alkanes) is 7. The molecule has 0 bridgehead atoms. The Labute approximate surface area is 124 Å². The second-order valence-electron chi connectivity index (χ2n) is 5.53. The summed E-state index contributed by atoms with van der Waals surface area (Å²) in [6.45, 7) is 2.27. The first kappa shape index (κ1) is 16.6. The summed E-state index contributed by atoms with van der Waals surface area (Å²) in [5.41, 5.74) is 1.40. The van der Waals surface area contributed by atoms with Crippen molar-refractivity contribution >= 4 is 11.6 Å². The Morgan fingerprint density at radius 3 is 2.00 bits per heavy atom. The van der Waals surface area contributed by atoms with E-state index < -0.39 is 0 Å². The average molecular weight is 281 g/mol. The van der Waals surface area contributed by atoms with Gasteiger partial charge in [0.15, 0.2) is 0 Å². The Morgan fingerprint density at radius 2 is 1.42 bits per heavy atom. The predicted octanol–water partition coefficient (Wildman–Crippen LogP) is 6.54. The molecule has 0 spiro atoms. The highest BCUT2D eigenvalue weighted by molar-refractivity contribution is 6.18. The summed E-state index contributed by atoms with van der Waals surface area (Å²) in [7, 11) is 0. The van der Waals surface area contributed by atoms with E-state index in [1.807, 2.05) is 0 Å². The molecule has 108 valence electrons. The van der Waals surface area contributed by atoms with Crippen molar-refractivity contribution in [2.75, 3.05) is 5.88 Å². The Bertz CT molecular complexity index is 294. The average Bonchev–Trinajstić information content (AvgIpc) is 2.47. The van der Waals surface area contributed by atoms with E-state index in [0.29, 0.717) is 5.92 Å². The molecule has 0 aliphatic carbocycles. The zero-order valence-electron chi connectivity index (χ0n) is 12.4. The molecule has 0 amide bonds. The van der Waals surface area contributed by atoms with E-state index in [1.54, 1.807) is 0 Å². The number of rotatable bonds is 11. The van der Waals surface area contributed by atoms with Crippen LogP contribution in [0, 0.1) is 0 Å². The Balaban J connectivity index is 2.07. The summed E-state index contributed by atoms with van der Waals surface area (Å²) in [5, 5.41) is 0. The topological polar surface area (TPSA) is 0 Å². The maximum atomic E-state index is 6.10. The molecule has 1 heteroatoms. The summed E-state index contributed by atoms with van der Waals surface area (Å²) in [5.74, 6) is 1.29. The van der Waals surface area contributed by atoms with Gasteiger partial charge in [-0.05, 0) is 17.9 Å². The van der Waals surface area contributed by atoms with E-state index in [-0.39, 0.29) is 0 Å². The number of alkyl halides is 1. The highest BCUT2D eigenvalue weighted by Gasteiger charge is 2.09. The molecule has 1 unspecified atom stereocenters. The normalized spacial score (nSPS) is 12.5. The Kier molecular flexibility index (Phi) is 9.89. The van der Waals surface area contributed by atoms with Crippen LogP contribution in [0.4, 0.5) is 0 Å². The van der Waals surface area contributed by atoms with Gasteiger partial charge >= 0.3 is 0 Å². The van der Waals surface area contributed by atoms with Gasteiger partial charge in [-0.25, -0.2) is 0 Å². The van der Waals surface area contributed by atoms with Gasteiger partial charge in [0, 0.05) is 5.88 Å². The highest BCUT2D eigenvalue weighted by atomic mass is 35.5. The quantitative estimate of drug-likeness (QED) is 0.319. The lowest BCUT2D eigenvalue weighted by Crippen LogP contribution is -2.00. The van der Waals surface area contributed by atoms with E-state index >= 15 is 0 Å². The summed E-state index contributed by atoms with van der Waals surface area (Å²) in [6.07, 6.45) is 12.3. The van der Waals surface area contributed by atoms with Crippen LogP contribution in [0.25, 0.3) is 0 Å². The SMILES string of the molecule is CCCCCCCCCCC(CCl)c1ccccc1. The van der Waals surface area contributed by atoms with Gasteiger partial charge in [-0.3, -0.25) is 0 Å². The van der Waals surface area contributed by atoms with Crippen molar-refractivity contribution in [2.45, 2.75) is 70.6 Å². The first-order chi connectivity index (χ1) is 9.38. The third-order valence-electron chi connectivity index (χ3n) is 3.86. The molecular formula is C18H29Cl. The van der Waals surface area contributed by atoms with Crippen molar-refractivity contribution in [2.24, 2.45) is 0 Å². The lowest BCUT2D eigenvalue weighted by Gasteiger charge is -2.14. The van der Waals surface area contributed by atoms with E-state index in [9.17, 15) is 0 Å². The van der Waals surface area contributed by atoms with Gasteiger partial charge < -0.3 is 0 Å². The molecule has 0 aromatic heterocycles. The fourth-order valence-electron chi connectivity index (χ4n) is 2.58. The largest absolute Gasteiger partial charge is 0.126 e. The van der Waals surface area contributed by atoms with Crippen LogP contribution in [-0.4, -0.2) is 5.88 Å². The van der Waals surface area contributed by atoms with Crippen molar-refractivity contribution in [1.82, 2.24) is 0 Å². The Hall–Kier alpha value is -0.490. The third-order valence-corrected chi connectivity index (χ3v) is 4.24. The minimum atomic E-state index is 0.544. The smallest absolute Gasteiger partial charge is 0.0292 e. The van der Waals surface area contributed by atoms with Crippen LogP contribution in [0.2, 0.25) is 0 Å². The zero-order chi connectivity index (χ0) is 13.8. The molecule has 1 aromatic rings. The molecule has 0 aliphatic rings. The van der Waals surface area contributed by atoms with Crippen LogP contribution in [0.1, 0.15) is 76.2 Å². The number of hydrogen-bond donors (Lipinski definition) is 0. The van der Waals surface area contributed by atoms with E-state index in [4.69, 9.17) is 11.6 Å². The third kappa shape index (κ3) is 7.62. The standard InChI is InChI=1S/C18H29Cl/c1-2-3-4-5-6-7-8-10-15-18(16-19)17-13-11-9-12-14-17/h9,11-14,18H,2-8,10,15-16H2,1H3. The van der Waals surface area contributed by atoms with Crippen molar-refractivity contribution < 1.29 is 0 Å². The van der Waals surface area contributed by atoms with Crippen LogP contribution >= 0.6 is 11.6 Å². The molecule has 0 radical (unpaired) electrons. The minimum Gasteiger partial charge on any atom is -0.126 e. The predicted molar refractivity (Wildman–Crippen MR) is 87.1 cm³/mol. The van der Waals surface area contributed by atoms with Crippen LogP contribution in [0.15, 0.2) is 30.3 Å². The molecular weight excluding hydrogens is 252 g/mol. The number of benzene rings is 1. The maximum Gasteiger partial charge on any atom is 0.0292 e. The lowest BCUT2D eigenvalue weighted by molar-refractivity contribution is 0.545. The summed E-state index contributed by atoms with van der Waals surface area (Å²) in [4.78, 5) is 0. The van der Waals surface area contributed by atoms with Gasteiger partial charge in [0.05, 0.1) is 0 Å². The van der Waals surface area contributed by atoms with Crippen molar-refractivity contribution in [3.05, 3.63) is 35.9 Å². The van der Waals surface area contributed by atoms with Gasteiger partial charge in [-0.2, -0.15) is 0 Å². The fourth-order valence-corrected chi connectivity index (χ4v) is 2.92. The van der Waals surface area contributed by atoms with Gasteiger partial charge in [0.2, 0.25) is 0 Å². The van der Waals surface area contributed by atoms with E-state index in [1.165, 1.54) is 63.4 Å². The number of hydrogen-bond acceptors (Lipinski definition) is 0. The zero-order valence-corrected chi connectivity index (χ0v) is 13.2. The summed E-state index contributed by atoms with van der Waals surface area (Å²) in [6, 6.07) is 10.7. The van der Waals surface area contributed by atoms with Crippen LogP contribution in [0.5, 0.6) is 0 Å². The van der Waals surface area contributed by atoms with Crippen LogP contribution in [-0.2, 0) is 0 Å². The molecule has 0 aliphatic heterocycles. The molecule has 0 saturated heterocycles. The first-order valence-corrected chi connectivity index (χ1v) is 8.52. The van der Waals surface area contributed by atoms with Gasteiger partial charge in [-0.1, -0.05) is 88.6 Å². The number of halogens is 1. The molecule has 1 rings (SSSR count). The second kappa shape index (κ2) is 11.3. The maximum absolute atomic E-state index is 6.10. The monoisotopic (exact) mass is 280 g/mol. The van der Waals surface area contributed by atoms with Crippen LogP contribution in [0.3, 0.4) is 0 Å². The lowest BCUT2D eigenvalue weighted by atomic mass is 9.94. The highest BCUT2D eigenvalue weighted by Crippen LogP contribution is 2.24. The molecule has 19 heavy (non-hydrogen) atoms. The van der Waals surface area contributed by atoms with Gasteiger partial charge in [-0.15, -0.1) is 11.6 Å². The minimum absolute atomic E-state index is 0.544. The molecule has 1 atom stereocenters. The molecule has 0 N–H and O–H groups in total. The molecule has 0 fully saturated rings. The molecule has 1 aromatic carbocycles. The second-order valence-corrected chi connectivity index (χ2v) is 5.83. The van der Waals surface area contributed by atoms with Crippen molar-refractivity contribution in [3.63, 3.8) is 0 Å². The van der Waals surface area contributed by atoms with Gasteiger partial charge in [0.25, 0.3) is 0 Å². The van der Waals surface area contributed by atoms with Crippen LogP contribution < -0.4 is 0 Å². The van der Waals surface area contributed by atoms with Crippen molar-refractivity contribution in [3.8, 4) is 0 Å². The first-order valence-electron chi connectivity index (χ1n) is 7.99. The van der Waals surface area contributed by atoms with E-state index in [0.717, 1.165) is 5.88 Å². The fraction of sp³-hybridized carbons (Fsp3) is 0.667. The van der Waals surface area contributed by atoms with E-state index in [2.05, 4.69) is 37.3 Å². The molecule has 0 heterocycles. The summed E-state index contributed by atoms with van der Waals surface area (Å²) < 4.78 is 0.